The normalized spacial score (nSPS) is 37.4. The molecule has 0 radical (unpaired) electrons. The van der Waals surface area contributed by atoms with Crippen LogP contribution in [0.4, 0.5) is 0 Å². The zero-order chi connectivity index (χ0) is 18.4. The van der Waals surface area contributed by atoms with Crippen LogP contribution < -0.4 is 5.32 Å². The Balaban J connectivity index is 1.27. The van der Waals surface area contributed by atoms with Crippen LogP contribution in [0.15, 0.2) is 17.5 Å². The highest BCUT2D eigenvalue weighted by atomic mass is 32.1. The second kappa shape index (κ2) is 7.18. The molecule has 1 aromatic rings. The lowest BCUT2D eigenvalue weighted by atomic mass is 9.49. The van der Waals surface area contributed by atoms with Crippen LogP contribution in [0.5, 0.6) is 0 Å². The van der Waals surface area contributed by atoms with Gasteiger partial charge in [0.05, 0.1) is 6.04 Å². The van der Waals surface area contributed by atoms with Gasteiger partial charge in [0.25, 0.3) is 0 Å². The second-order valence-electron chi connectivity index (χ2n) is 10.2. The summed E-state index contributed by atoms with van der Waals surface area (Å²) < 4.78 is 0. The maximum atomic E-state index is 13.4. The lowest BCUT2D eigenvalue weighted by Crippen LogP contribution is -2.54. The van der Waals surface area contributed by atoms with Gasteiger partial charge in [-0.05, 0) is 99.6 Å². The number of nitrogens with one attached hydrogen (secondary N) is 1. The number of thiophene rings is 1. The van der Waals surface area contributed by atoms with Gasteiger partial charge in [0.1, 0.15) is 0 Å². The van der Waals surface area contributed by atoms with E-state index in [-0.39, 0.29) is 5.41 Å². The Bertz CT molecular complexity index is 627. The van der Waals surface area contributed by atoms with Crippen LogP contribution in [0.3, 0.4) is 0 Å². The van der Waals surface area contributed by atoms with Crippen molar-refractivity contribution in [1.82, 2.24) is 10.2 Å². The van der Waals surface area contributed by atoms with E-state index >= 15 is 0 Å². The zero-order valence-electron chi connectivity index (χ0n) is 16.7. The molecule has 1 amide bonds. The predicted octanol–water partition coefficient (Wildman–Crippen LogP) is 4.85. The molecule has 5 fully saturated rings. The standard InChI is InChI=1S/C23H34N2OS/c1-16-4-6-25(7-5-16)20(21-3-2-8-27-21)15-24-22(26)23-12-17-9-18(13-23)11-19(10-17)14-23/h2-3,8,16-20H,4-7,9-15H2,1H3,(H,24,26). The summed E-state index contributed by atoms with van der Waals surface area (Å²) in [6.45, 7) is 5.48. The summed E-state index contributed by atoms with van der Waals surface area (Å²) in [4.78, 5) is 17.4. The molecule has 1 aliphatic heterocycles. The molecule has 3 nitrogen and oxygen atoms in total. The fraction of sp³-hybridized carbons (Fsp3) is 0.783. The molecule has 5 aliphatic rings. The number of hydrogen-bond acceptors (Lipinski definition) is 3. The molecule has 1 saturated heterocycles. The summed E-state index contributed by atoms with van der Waals surface area (Å²) in [5.41, 5.74) is -0.0227. The van der Waals surface area contributed by atoms with Crippen LogP contribution >= 0.6 is 11.3 Å². The lowest BCUT2D eigenvalue weighted by molar-refractivity contribution is -0.146. The van der Waals surface area contributed by atoms with Crippen molar-refractivity contribution in [3.8, 4) is 0 Å². The maximum absolute atomic E-state index is 13.4. The first-order valence-corrected chi connectivity index (χ1v) is 12.0. The first-order valence-electron chi connectivity index (χ1n) is 11.2. The van der Waals surface area contributed by atoms with Gasteiger partial charge in [-0.2, -0.15) is 0 Å². The van der Waals surface area contributed by atoms with Gasteiger partial charge >= 0.3 is 0 Å². The van der Waals surface area contributed by atoms with E-state index in [1.807, 2.05) is 11.3 Å². The molecular formula is C23H34N2OS. The van der Waals surface area contributed by atoms with Gasteiger partial charge in [-0.1, -0.05) is 13.0 Å². The molecule has 2 heterocycles. The van der Waals surface area contributed by atoms with Crippen LogP contribution in [-0.2, 0) is 4.79 Å². The molecule has 148 valence electrons. The van der Waals surface area contributed by atoms with Crippen LogP contribution in [0.2, 0.25) is 0 Å². The highest BCUT2D eigenvalue weighted by Crippen LogP contribution is 2.60. The molecule has 1 N–H and O–H groups in total. The largest absolute Gasteiger partial charge is 0.354 e. The molecule has 6 rings (SSSR count). The molecular weight excluding hydrogens is 352 g/mol. The Morgan fingerprint density at radius 1 is 1.19 bits per heavy atom. The summed E-state index contributed by atoms with van der Waals surface area (Å²) in [5.74, 6) is 3.72. The number of likely N-dealkylation sites (tertiary alicyclic amines) is 1. The quantitative estimate of drug-likeness (QED) is 0.784. The maximum Gasteiger partial charge on any atom is 0.226 e. The minimum Gasteiger partial charge on any atom is -0.354 e. The molecule has 4 aliphatic carbocycles. The van der Waals surface area contributed by atoms with Gasteiger partial charge < -0.3 is 5.32 Å². The topological polar surface area (TPSA) is 32.3 Å². The van der Waals surface area contributed by atoms with Crippen molar-refractivity contribution in [2.45, 2.75) is 64.3 Å². The van der Waals surface area contributed by atoms with Gasteiger partial charge in [-0.3, -0.25) is 9.69 Å². The summed E-state index contributed by atoms with van der Waals surface area (Å²) in [5, 5.41) is 5.64. The van der Waals surface area contributed by atoms with Gasteiger partial charge in [-0.15, -0.1) is 11.3 Å². The monoisotopic (exact) mass is 386 g/mol. The highest BCUT2D eigenvalue weighted by Gasteiger charge is 2.54. The number of carbonyl (C=O) groups is 1. The van der Waals surface area contributed by atoms with E-state index in [1.165, 1.54) is 37.0 Å². The SMILES string of the molecule is CC1CCN(C(CNC(=O)C23CC4CC(CC(C4)C2)C3)c2cccs2)CC1. The Labute approximate surface area is 167 Å². The van der Waals surface area contributed by atoms with E-state index in [4.69, 9.17) is 0 Å². The average molecular weight is 387 g/mol. The molecule has 27 heavy (non-hydrogen) atoms. The summed E-state index contributed by atoms with van der Waals surface area (Å²) in [7, 11) is 0. The summed E-state index contributed by atoms with van der Waals surface area (Å²) in [6, 6.07) is 4.76. The third-order valence-corrected chi connectivity index (χ3v) is 9.08. The predicted molar refractivity (Wildman–Crippen MR) is 111 cm³/mol. The number of rotatable bonds is 5. The van der Waals surface area contributed by atoms with Crippen molar-refractivity contribution in [2.24, 2.45) is 29.1 Å². The van der Waals surface area contributed by atoms with Crippen LogP contribution in [0, 0.1) is 29.1 Å². The Morgan fingerprint density at radius 2 is 1.81 bits per heavy atom. The minimum absolute atomic E-state index is 0.0227. The first kappa shape index (κ1) is 18.2. The van der Waals surface area contributed by atoms with Crippen molar-refractivity contribution < 1.29 is 4.79 Å². The Kier molecular flexibility index (Phi) is 4.84. The van der Waals surface area contributed by atoms with E-state index in [1.54, 1.807) is 0 Å². The number of carbonyl (C=O) groups excluding carboxylic acids is 1. The van der Waals surface area contributed by atoms with Crippen molar-refractivity contribution in [3.63, 3.8) is 0 Å². The number of hydrogen-bond donors (Lipinski definition) is 1. The van der Waals surface area contributed by atoms with E-state index in [0.717, 1.165) is 62.6 Å². The molecule has 4 saturated carbocycles. The summed E-state index contributed by atoms with van der Waals surface area (Å²) in [6.07, 6.45) is 10.2. The number of piperidine rings is 1. The molecule has 4 bridgehead atoms. The molecule has 1 aromatic heterocycles. The number of nitrogens with zero attached hydrogens (tertiary/aromatic N) is 1. The highest BCUT2D eigenvalue weighted by molar-refractivity contribution is 7.10. The molecule has 4 heteroatoms. The van der Waals surface area contributed by atoms with Crippen molar-refractivity contribution in [1.29, 1.82) is 0 Å². The van der Waals surface area contributed by atoms with Crippen LogP contribution in [0.25, 0.3) is 0 Å². The first-order chi connectivity index (χ1) is 13.1. The minimum atomic E-state index is -0.0227. The lowest BCUT2D eigenvalue weighted by Gasteiger charge is -2.55. The van der Waals surface area contributed by atoms with Crippen molar-refractivity contribution >= 4 is 17.2 Å². The summed E-state index contributed by atoms with van der Waals surface area (Å²) >= 11 is 1.84. The van der Waals surface area contributed by atoms with Gasteiger partial charge in [0.2, 0.25) is 5.91 Å². The smallest absolute Gasteiger partial charge is 0.226 e. The van der Waals surface area contributed by atoms with E-state index in [0.29, 0.717) is 11.9 Å². The van der Waals surface area contributed by atoms with Crippen molar-refractivity contribution in [3.05, 3.63) is 22.4 Å². The van der Waals surface area contributed by atoms with E-state index in [2.05, 4.69) is 34.7 Å². The van der Waals surface area contributed by atoms with Crippen LogP contribution in [-0.4, -0.2) is 30.4 Å². The van der Waals surface area contributed by atoms with Crippen LogP contribution in [0.1, 0.15) is 69.2 Å². The third kappa shape index (κ3) is 3.48. The molecule has 0 spiro atoms. The molecule has 0 aromatic carbocycles. The third-order valence-electron chi connectivity index (χ3n) is 8.11. The Hall–Kier alpha value is -0.870. The van der Waals surface area contributed by atoms with E-state index in [9.17, 15) is 4.79 Å². The van der Waals surface area contributed by atoms with Crippen molar-refractivity contribution in [2.75, 3.05) is 19.6 Å². The second-order valence-corrected chi connectivity index (χ2v) is 11.1. The van der Waals surface area contributed by atoms with Gasteiger partial charge in [0, 0.05) is 16.8 Å². The fourth-order valence-corrected chi connectivity index (χ4v) is 7.86. The van der Waals surface area contributed by atoms with Gasteiger partial charge in [0.15, 0.2) is 0 Å². The van der Waals surface area contributed by atoms with E-state index < -0.39 is 0 Å². The van der Waals surface area contributed by atoms with Gasteiger partial charge in [-0.25, -0.2) is 0 Å². The molecule has 1 atom stereocenters. The average Bonchev–Trinajstić information content (AvgIpc) is 3.16. The fourth-order valence-electron chi connectivity index (χ4n) is 7.00. The molecule has 1 unspecified atom stereocenters. The Morgan fingerprint density at radius 3 is 2.37 bits per heavy atom. The zero-order valence-corrected chi connectivity index (χ0v) is 17.5. The number of amides is 1.